The fourth-order valence-electron chi connectivity index (χ4n) is 5.18. The number of carbonyl (C=O) groups excluding carboxylic acids is 1. The van der Waals surface area contributed by atoms with Crippen LogP contribution >= 0.6 is 0 Å². The van der Waals surface area contributed by atoms with E-state index in [1.54, 1.807) is 32.0 Å². The molecule has 1 aromatic carbocycles. The van der Waals surface area contributed by atoms with Crippen LogP contribution in [0, 0.1) is 0 Å². The number of nitrogens with zero attached hydrogens (tertiary/aromatic N) is 7. The molecule has 43 heavy (non-hydrogen) atoms. The fourth-order valence-corrected chi connectivity index (χ4v) is 5.18. The van der Waals surface area contributed by atoms with E-state index in [0.717, 1.165) is 53.5 Å². The molecule has 0 unspecified atom stereocenters. The van der Waals surface area contributed by atoms with Crippen LogP contribution in [0.25, 0.3) is 22.6 Å². The average Bonchev–Trinajstić information content (AvgIpc) is 3.43. The molecule has 3 N–H and O–H groups in total. The first-order chi connectivity index (χ1) is 21.1. The topological polar surface area (TPSA) is 136 Å². The molecular weight excluding hydrogens is 546 g/mol. The maximum atomic E-state index is 12.6. The lowest BCUT2D eigenvalue weighted by Gasteiger charge is -2.42. The van der Waals surface area contributed by atoms with Crippen LogP contribution in [-0.4, -0.2) is 100 Å². The van der Waals surface area contributed by atoms with Crippen molar-refractivity contribution in [3.05, 3.63) is 78.5 Å². The van der Waals surface area contributed by atoms with Gasteiger partial charge in [-0.25, -0.2) is 15.0 Å². The summed E-state index contributed by atoms with van der Waals surface area (Å²) in [5, 5.41) is 3.37. The Balaban J connectivity index is 1.04. The van der Waals surface area contributed by atoms with E-state index in [2.05, 4.69) is 30.2 Å². The number of allylic oxidation sites excluding steroid dienone is 1. The van der Waals surface area contributed by atoms with E-state index < -0.39 is 0 Å². The first kappa shape index (κ1) is 28.3. The molecule has 0 atom stereocenters. The van der Waals surface area contributed by atoms with Gasteiger partial charge in [0.15, 0.2) is 0 Å². The number of hydrogen-bond donors (Lipinski definition) is 2. The number of amides is 1. The molecule has 1 amide bonds. The van der Waals surface area contributed by atoms with Crippen LogP contribution in [0.15, 0.2) is 72.4 Å². The van der Waals surface area contributed by atoms with Crippen molar-refractivity contribution in [2.45, 2.75) is 12.6 Å². The summed E-state index contributed by atoms with van der Waals surface area (Å²) in [5.41, 5.74) is 11.0. The van der Waals surface area contributed by atoms with Crippen LogP contribution in [0.3, 0.4) is 0 Å². The zero-order valence-corrected chi connectivity index (χ0v) is 24.1. The monoisotopic (exact) mass is 581 g/mol. The Labute approximate surface area is 249 Å². The van der Waals surface area contributed by atoms with Crippen molar-refractivity contribution in [2.75, 3.05) is 58.4 Å². The minimum absolute atomic E-state index is 0.142. The van der Waals surface area contributed by atoms with E-state index in [1.165, 1.54) is 0 Å². The van der Waals surface area contributed by atoms with Crippen molar-refractivity contribution in [3.8, 4) is 17.1 Å². The maximum Gasteiger partial charge on any atom is 0.236 e. The lowest BCUT2D eigenvalue weighted by Crippen LogP contribution is -2.59. The minimum Gasteiger partial charge on any atom is -0.492 e. The van der Waals surface area contributed by atoms with Crippen LogP contribution in [0.5, 0.6) is 5.75 Å². The molecule has 0 saturated carbocycles. The number of ether oxygens (including phenoxy) is 2. The molecule has 6 rings (SSSR count). The second-order valence-electron chi connectivity index (χ2n) is 10.5. The van der Waals surface area contributed by atoms with Gasteiger partial charge in [0.2, 0.25) is 5.91 Å². The van der Waals surface area contributed by atoms with Crippen molar-refractivity contribution < 1.29 is 14.3 Å². The molecule has 0 radical (unpaired) electrons. The van der Waals surface area contributed by atoms with Crippen LogP contribution in [0.2, 0.25) is 0 Å². The molecule has 0 bridgehead atoms. The average molecular weight is 582 g/mol. The van der Waals surface area contributed by atoms with E-state index >= 15 is 0 Å². The van der Waals surface area contributed by atoms with Gasteiger partial charge in [0, 0.05) is 63.0 Å². The van der Waals surface area contributed by atoms with Gasteiger partial charge in [-0.1, -0.05) is 24.3 Å². The predicted octanol–water partition coefficient (Wildman–Crippen LogP) is 2.33. The second-order valence-corrected chi connectivity index (χ2v) is 10.5. The van der Waals surface area contributed by atoms with E-state index in [9.17, 15) is 4.79 Å². The Bertz CT molecular complexity index is 1630. The van der Waals surface area contributed by atoms with Crippen molar-refractivity contribution in [2.24, 2.45) is 10.7 Å². The largest absolute Gasteiger partial charge is 0.492 e. The molecular formula is C31H35N9O3. The third kappa shape index (κ3) is 6.50. The number of hydrogen-bond acceptors (Lipinski definition) is 10. The Hall–Kier alpha value is -4.81. The first-order valence-electron chi connectivity index (χ1n) is 14.3. The summed E-state index contributed by atoms with van der Waals surface area (Å²) >= 11 is 0. The van der Waals surface area contributed by atoms with Crippen LogP contribution in [0.4, 0.5) is 5.82 Å². The van der Waals surface area contributed by atoms with E-state index in [-0.39, 0.29) is 5.91 Å². The first-order valence-corrected chi connectivity index (χ1v) is 14.3. The molecule has 12 heteroatoms. The van der Waals surface area contributed by atoms with Gasteiger partial charge in [0.1, 0.15) is 30.1 Å². The van der Waals surface area contributed by atoms with E-state index in [0.29, 0.717) is 50.4 Å². The summed E-state index contributed by atoms with van der Waals surface area (Å²) in [7, 11) is 1.72. The van der Waals surface area contributed by atoms with Gasteiger partial charge in [-0.15, -0.1) is 0 Å². The van der Waals surface area contributed by atoms with Crippen molar-refractivity contribution in [3.63, 3.8) is 0 Å². The molecule has 0 aliphatic carbocycles. The number of carbonyl (C=O) groups is 1. The zero-order valence-electron chi connectivity index (χ0n) is 24.1. The Morgan fingerprint density at radius 2 is 2.02 bits per heavy atom. The number of anilines is 1. The lowest BCUT2D eigenvalue weighted by molar-refractivity contribution is -0.143. The van der Waals surface area contributed by atoms with Crippen LogP contribution in [-0.2, 0) is 16.1 Å². The number of aromatic nitrogens is 4. The molecule has 4 aromatic rings. The molecule has 5 heterocycles. The van der Waals surface area contributed by atoms with Crippen molar-refractivity contribution in [1.82, 2.24) is 29.2 Å². The maximum absolute atomic E-state index is 12.6. The number of imidazole rings is 1. The number of aliphatic imine (C=N–C) groups is 1. The van der Waals surface area contributed by atoms with Gasteiger partial charge in [0.05, 0.1) is 49.9 Å². The normalized spacial score (nSPS) is 16.6. The van der Waals surface area contributed by atoms with Crippen molar-refractivity contribution >= 4 is 29.2 Å². The van der Waals surface area contributed by atoms with Gasteiger partial charge >= 0.3 is 0 Å². The molecule has 222 valence electrons. The highest BCUT2D eigenvalue weighted by Gasteiger charge is 2.32. The van der Waals surface area contributed by atoms with E-state index in [1.807, 2.05) is 58.0 Å². The summed E-state index contributed by atoms with van der Waals surface area (Å²) in [6, 6.07) is 14.2. The Morgan fingerprint density at radius 1 is 1.16 bits per heavy atom. The summed E-state index contributed by atoms with van der Waals surface area (Å²) < 4.78 is 13.2. The fraction of sp³-hybridized carbons (Fsp3) is 0.323. The Morgan fingerprint density at radius 3 is 2.77 bits per heavy atom. The summed E-state index contributed by atoms with van der Waals surface area (Å²) in [5.74, 6) is 1.55. The quantitative estimate of drug-likeness (QED) is 0.256. The highest BCUT2D eigenvalue weighted by atomic mass is 16.5. The highest BCUT2D eigenvalue weighted by Crippen LogP contribution is 2.24. The van der Waals surface area contributed by atoms with Crippen LogP contribution < -0.4 is 15.8 Å². The van der Waals surface area contributed by atoms with Gasteiger partial charge < -0.3 is 25.4 Å². The molecule has 2 aliphatic rings. The second kappa shape index (κ2) is 13.0. The summed E-state index contributed by atoms with van der Waals surface area (Å²) in [6.45, 7) is 5.07. The number of nitrogens with two attached hydrogens (primary N) is 1. The molecule has 3 aromatic heterocycles. The molecule has 12 nitrogen and oxygen atoms in total. The number of benzene rings is 1. The number of rotatable bonds is 11. The predicted molar refractivity (Wildman–Crippen MR) is 165 cm³/mol. The standard InChI is InChI=1S/C31H35N9O3/c1-33-16-24(14-32)23-4-2-22(3-5-23)15-34-29-13-27(36-21-37-29)28-17-35-30-12-26(6-7-40(28)30)43-11-10-38-8-9-39(18-31(38)41)25-19-42-20-25/h2-7,12-14,16-17,21,25H,8-11,15,18-20,32H2,1H3,(H,34,36,37)/b24-14+,33-16?. The molecule has 2 fully saturated rings. The number of nitrogens with one attached hydrogen (secondary N) is 1. The van der Waals surface area contributed by atoms with Gasteiger partial charge in [-0.05, 0) is 17.2 Å². The zero-order chi connectivity index (χ0) is 29.6. The molecule has 0 spiro atoms. The third-order valence-electron chi connectivity index (χ3n) is 7.74. The molecule has 2 saturated heterocycles. The summed E-state index contributed by atoms with van der Waals surface area (Å²) in [4.78, 5) is 34.1. The SMILES string of the molecule is CN=C/C(=C\N)c1ccc(CNc2cc(-c3cnc4cc(OCCN5CCN(C6COC6)CC5=O)ccn34)ncn2)cc1. The number of piperazine rings is 1. The van der Waals surface area contributed by atoms with Gasteiger partial charge in [0.25, 0.3) is 0 Å². The minimum atomic E-state index is 0.142. The number of pyridine rings is 1. The van der Waals surface area contributed by atoms with Crippen LogP contribution in [0.1, 0.15) is 11.1 Å². The Kier molecular flexibility index (Phi) is 8.57. The van der Waals surface area contributed by atoms with Gasteiger partial charge in [-0.3, -0.25) is 19.1 Å². The third-order valence-corrected chi connectivity index (χ3v) is 7.74. The highest BCUT2D eigenvalue weighted by molar-refractivity contribution is 6.09. The smallest absolute Gasteiger partial charge is 0.236 e. The lowest BCUT2D eigenvalue weighted by atomic mass is 10.1. The van der Waals surface area contributed by atoms with Gasteiger partial charge in [-0.2, -0.15) is 0 Å². The number of fused-ring (bicyclic) bond motifs is 1. The molecule has 2 aliphatic heterocycles. The summed E-state index contributed by atoms with van der Waals surface area (Å²) in [6.07, 6.45) is 8.54. The van der Waals surface area contributed by atoms with E-state index in [4.69, 9.17) is 15.2 Å². The van der Waals surface area contributed by atoms with Crippen molar-refractivity contribution in [1.29, 1.82) is 0 Å².